The Morgan fingerprint density at radius 3 is 2.32 bits per heavy atom. The third-order valence-corrected chi connectivity index (χ3v) is 3.93. The van der Waals surface area contributed by atoms with E-state index in [-0.39, 0.29) is 5.91 Å². The first-order valence-corrected chi connectivity index (χ1v) is 8.07. The number of anilines is 1. The van der Waals surface area contributed by atoms with Crippen molar-refractivity contribution in [3.05, 3.63) is 77.9 Å². The summed E-state index contributed by atoms with van der Waals surface area (Å²) < 4.78 is 1.77. The average Bonchev–Trinajstić information content (AvgIpc) is 3.14. The van der Waals surface area contributed by atoms with Crippen LogP contribution in [0.5, 0.6) is 0 Å². The summed E-state index contributed by atoms with van der Waals surface area (Å²) in [5.41, 5.74) is 3.92. The number of hydrogen-bond donors (Lipinski definition) is 1. The molecule has 1 heterocycles. The Labute approximate surface area is 147 Å². The van der Waals surface area contributed by atoms with Gasteiger partial charge >= 0.3 is 0 Å². The summed E-state index contributed by atoms with van der Waals surface area (Å²) >= 11 is 0. The van der Waals surface area contributed by atoms with Crippen LogP contribution in [-0.2, 0) is 13.1 Å². The number of nitrogens with zero attached hydrogens (tertiary/aromatic N) is 4. The maximum absolute atomic E-state index is 12.2. The van der Waals surface area contributed by atoms with Gasteiger partial charge in [0.05, 0.1) is 6.54 Å². The van der Waals surface area contributed by atoms with Crippen molar-refractivity contribution in [3.63, 3.8) is 0 Å². The van der Waals surface area contributed by atoms with Crippen LogP contribution in [-0.4, -0.2) is 34.8 Å². The zero-order valence-corrected chi connectivity index (χ0v) is 14.4. The van der Waals surface area contributed by atoms with Gasteiger partial charge in [-0.25, -0.2) is 9.67 Å². The molecule has 0 saturated carbocycles. The molecule has 0 spiro atoms. The molecule has 6 nitrogen and oxygen atoms in total. The summed E-state index contributed by atoms with van der Waals surface area (Å²) in [4.78, 5) is 18.2. The Morgan fingerprint density at radius 2 is 1.72 bits per heavy atom. The molecule has 0 atom stereocenters. The summed E-state index contributed by atoms with van der Waals surface area (Å²) in [5.74, 6) is -0.0722. The molecule has 3 aromatic rings. The van der Waals surface area contributed by atoms with E-state index in [9.17, 15) is 4.79 Å². The van der Waals surface area contributed by atoms with Crippen molar-refractivity contribution in [2.45, 2.75) is 13.1 Å². The Hall–Kier alpha value is -3.15. The van der Waals surface area contributed by atoms with Gasteiger partial charge in [0.1, 0.15) is 12.7 Å². The van der Waals surface area contributed by atoms with Gasteiger partial charge in [-0.15, -0.1) is 0 Å². The molecule has 0 aliphatic rings. The van der Waals surface area contributed by atoms with Gasteiger partial charge in [0.15, 0.2) is 0 Å². The summed E-state index contributed by atoms with van der Waals surface area (Å²) in [6, 6.07) is 15.7. The molecule has 0 aliphatic carbocycles. The fourth-order valence-corrected chi connectivity index (χ4v) is 2.46. The van der Waals surface area contributed by atoms with Gasteiger partial charge in [-0.3, -0.25) is 4.79 Å². The Bertz CT molecular complexity index is 808. The number of carbonyl (C=O) groups is 1. The van der Waals surface area contributed by atoms with Crippen molar-refractivity contribution >= 4 is 11.6 Å². The zero-order valence-electron chi connectivity index (χ0n) is 14.4. The summed E-state index contributed by atoms with van der Waals surface area (Å²) in [5, 5.41) is 7.04. The van der Waals surface area contributed by atoms with E-state index in [0.29, 0.717) is 18.7 Å². The molecule has 6 heteroatoms. The van der Waals surface area contributed by atoms with Gasteiger partial charge in [0.2, 0.25) is 0 Å². The normalized spacial score (nSPS) is 10.5. The van der Waals surface area contributed by atoms with E-state index in [4.69, 9.17) is 0 Å². The van der Waals surface area contributed by atoms with Crippen LogP contribution in [0, 0.1) is 0 Å². The lowest BCUT2D eigenvalue weighted by molar-refractivity contribution is 0.0951. The molecule has 0 unspecified atom stereocenters. The zero-order chi connectivity index (χ0) is 17.6. The van der Waals surface area contributed by atoms with Crippen LogP contribution in [0.4, 0.5) is 5.69 Å². The maximum Gasteiger partial charge on any atom is 0.251 e. The molecule has 128 valence electrons. The predicted molar refractivity (Wildman–Crippen MR) is 97.5 cm³/mol. The number of benzene rings is 2. The first-order chi connectivity index (χ1) is 12.1. The molecule has 0 fully saturated rings. The van der Waals surface area contributed by atoms with Gasteiger partial charge in [0.25, 0.3) is 5.91 Å². The van der Waals surface area contributed by atoms with E-state index in [2.05, 4.69) is 15.4 Å². The SMILES string of the molecule is CN(C)c1ccc(C(=O)NCc2ccc(Cn3cncn3)cc2)cc1. The van der Waals surface area contributed by atoms with E-state index >= 15 is 0 Å². The van der Waals surface area contributed by atoms with Crippen molar-refractivity contribution in [2.75, 3.05) is 19.0 Å². The van der Waals surface area contributed by atoms with Gasteiger partial charge in [-0.05, 0) is 35.4 Å². The van der Waals surface area contributed by atoms with Gasteiger partial charge in [-0.2, -0.15) is 5.10 Å². The summed E-state index contributed by atoms with van der Waals surface area (Å²) in [6.45, 7) is 1.18. The molecule has 0 radical (unpaired) electrons. The average molecular weight is 335 g/mol. The largest absolute Gasteiger partial charge is 0.378 e. The van der Waals surface area contributed by atoms with Crippen LogP contribution in [0.3, 0.4) is 0 Å². The van der Waals surface area contributed by atoms with Crippen LogP contribution in [0.1, 0.15) is 21.5 Å². The Morgan fingerprint density at radius 1 is 1.04 bits per heavy atom. The second-order valence-corrected chi connectivity index (χ2v) is 6.03. The van der Waals surface area contributed by atoms with Crippen molar-refractivity contribution in [1.82, 2.24) is 20.1 Å². The Kier molecular flexibility index (Phi) is 5.09. The van der Waals surface area contributed by atoms with Crippen molar-refractivity contribution in [3.8, 4) is 0 Å². The quantitative estimate of drug-likeness (QED) is 0.751. The highest BCUT2D eigenvalue weighted by Gasteiger charge is 2.06. The molecule has 1 N–H and O–H groups in total. The third kappa shape index (κ3) is 4.44. The molecular weight excluding hydrogens is 314 g/mol. The molecule has 1 aromatic heterocycles. The number of carbonyl (C=O) groups excluding carboxylic acids is 1. The van der Waals surface area contributed by atoms with E-state index in [1.807, 2.05) is 67.5 Å². The molecule has 0 aliphatic heterocycles. The van der Waals surface area contributed by atoms with Crippen LogP contribution in [0.15, 0.2) is 61.2 Å². The molecule has 0 saturated heterocycles. The first kappa shape index (κ1) is 16.7. The second-order valence-electron chi connectivity index (χ2n) is 6.03. The molecule has 1 amide bonds. The minimum atomic E-state index is -0.0722. The number of aromatic nitrogens is 3. The van der Waals surface area contributed by atoms with E-state index < -0.39 is 0 Å². The summed E-state index contributed by atoms with van der Waals surface area (Å²) in [7, 11) is 3.95. The van der Waals surface area contributed by atoms with Crippen molar-refractivity contribution in [2.24, 2.45) is 0 Å². The maximum atomic E-state index is 12.2. The van der Waals surface area contributed by atoms with Crippen molar-refractivity contribution < 1.29 is 4.79 Å². The predicted octanol–water partition coefficient (Wildman–Crippen LogP) is 2.32. The van der Waals surface area contributed by atoms with Crippen LogP contribution in [0.25, 0.3) is 0 Å². The Balaban J connectivity index is 1.54. The number of rotatable bonds is 6. The number of amides is 1. The molecular formula is C19H21N5O. The lowest BCUT2D eigenvalue weighted by atomic mass is 10.1. The number of hydrogen-bond acceptors (Lipinski definition) is 4. The fourth-order valence-electron chi connectivity index (χ4n) is 2.46. The van der Waals surface area contributed by atoms with Gasteiger partial charge < -0.3 is 10.2 Å². The monoisotopic (exact) mass is 335 g/mol. The van der Waals surface area contributed by atoms with Gasteiger partial charge in [-0.1, -0.05) is 24.3 Å². The minimum Gasteiger partial charge on any atom is -0.378 e. The molecule has 2 aromatic carbocycles. The summed E-state index contributed by atoms with van der Waals surface area (Å²) in [6.07, 6.45) is 3.21. The highest BCUT2D eigenvalue weighted by molar-refractivity contribution is 5.94. The van der Waals surface area contributed by atoms with E-state index in [0.717, 1.165) is 16.8 Å². The van der Waals surface area contributed by atoms with Crippen LogP contribution >= 0.6 is 0 Å². The molecule has 25 heavy (non-hydrogen) atoms. The van der Waals surface area contributed by atoms with E-state index in [1.54, 1.807) is 11.0 Å². The van der Waals surface area contributed by atoms with Crippen LogP contribution < -0.4 is 10.2 Å². The molecule has 3 rings (SSSR count). The second kappa shape index (κ2) is 7.61. The van der Waals surface area contributed by atoms with E-state index in [1.165, 1.54) is 6.33 Å². The lowest BCUT2D eigenvalue weighted by Crippen LogP contribution is -2.22. The highest BCUT2D eigenvalue weighted by Crippen LogP contribution is 2.12. The molecule has 0 bridgehead atoms. The lowest BCUT2D eigenvalue weighted by Gasteiger charge is -2.12. The number of nitrogens with one attached hydrogen (secondary N) is 1. The third-order valence-electron chi connectivity index (χ3n) is 3.93. The standard InChI is InChI=1S/C19H21N5O/c1-23(2)18-9-7-17(8-10-18)19(25)21-11-15-3-5-16(6-4-15)12-24-14-20-13-22-24/h3-10,13-14H,11-12H2,1-2H3,(H,21,25). The fraction of sp³-hybridized carbons (Fsp3) is 0.211. The minimum absolute atomic E-state index is 0.0722. The first-order valence-electron chi connectivity index (χ1n) is 8.07. The smallest absolute Gasteiger partial charge is 0.251 e. The van der Waals surface area contributed by atoms with Gasteiger partial charge in [0, 0.05) is 31.9 Å². The topological polar surface area (TPSA) is 63.1 Å². The van der Waals surface area contributed by atoms with Crippen LogP contribution in [0.2, 0.25) is 0 Å². The van der Waals surface area contributed by atoms with Crippen molar-refractivity contribution in [1.29, 1.82) is 0 Å². The highest BCUT2D eigenvalue weighted by atomic mass is 16.1.